The zero-order valence-corrected chi connectivity index (χ0v) is 11.4. The van der Waals surface area contributed by atoms with Crippen molar-refractivity contribution in [3.63, 3.8) is 0 Å². The van der Waals surface area contributed by atoms with E-state index in [0.29, 0.717) is 22.9 Å². The molecule has 1 aromatic rings. The molecule has 1 aliphatic rings. The van der Waals surface area contributed by atoms with Gasteiger partial charge >= 0.3 is 0 Å². The van der Waals surface area contributed by atoms with Crippen LogP contribution in [-0.4, -0.2) is 13.2 Å². The zero-order valence-electron chi connectivity index (χ0n) is 8.21. The Balaban J connectivity index is 2.26. The van der Waals surface area contributed by atoms with E-state index in [2.05, 4.69) is 15.9 Å². The smallest absolute Gasteiger partial charge is 0.212 e. The van der Waals surface area contributed by atoms with Gasteiger partial charge < -0.3 is 0 Å². The third kappa shape index (κ3) is 2.26. The topological polar surface area (TPSA) is 34.1 Å². The molecule has 0 heterocycles. The molecule has 6 heteroatoms. The van der Waals surface area contributed by atoms with Crippen LogP contribution in [0.25, 0.3) is 0 Å². The molecular formula is C10H9BrClFO2S. The zero-order chi connectivity index (χ0) is 12.0. The Morgan fingerprint density at radius 3 is 2.50 bits per heavy atom. The first-order valence-electron chi connectivity index (χ1n) is 4.72. The number of halogens is 3. The van der Waals surface area contributed by atoms with Crippen LogP contribution in [0.15, 0.2) is 22.7 Å². The summed E-state index contributed by atoms with van der Waals surface area (Å²) in [7, 11) is 1.80. The van der Waals surface area contributed by atoms with E-state index in [1.807, 2.05) is 0 Å². The predicted octanol–water partition coefficient (Wildman–Crippen LogP) is 3.23. The van der Waals surface area contributed by atoms with E-state index >= 15 is 0 Å². The van der Waals surface area contributed by atoms with E-state index in [1.54, 1.807) is 12.1 Å². The highest BCUT2D eigenvalue weighted by Gasteiger charge is 2.53. The normalized spacial score (nSPS) is 18.4. The molecule has 0 N–H and O–H groups in total. The van der Waals surface area contributed by atoms with E-state index in [4.69, 9.17) is 10.7 Å². The summed E-state index contributed by atoms with van der Waals surface area (Å²) in [6, 6.07) is 4.61. The molecule has 88 valence electrons. The molecule has 0 bridgehead atoms. The maximum Gasteiger partial charge on any atom is 0.238 e. The highest BCUT2D eigenvalue weighted by Crippen LogP contribution is 2.48. The predicted molar refractivity (Wildman–Crippen MR) is 64.5 cm³/mol. The summed E-state index contributed by atoms with van der Waals surface area (Å²) in [4.78, 5) is 0. The van der Waals surface area contributed by atoms with Gasteiger partial charge in [-0.15, -0.1) is 0 Å². The summed E-state index contributed by atoms with van der Waals surface area (Å²) in [6.07, 6.45) is 1.38. The molecule has 1 aromatic carbocycles. The third-order valence-corrected chi connectivity index (χ3v) is 6.05. The van der Waals surface area contributed by atoms with Crippen LogP contribution in [0.3, 0.4) is 0 Å². The second kappa shape index (κ2) is 3.96. The van der Waals surface area contributed by atoms with Crippen molar-refractivity contribution in [3.8, 4) is 0 Å². The minimum atomic E-state index is -3.57. The maximum atomic E-state index is 13.2. The van der Waals surface area contributed by atoms with Gasteiger partial charge in [0, 0.05) is 10.7 Å². The largest absolute Gasteiger partial charge is 0.238 e. The highest BCUT2D eigenvalue weighted by molar-refractivity contribution is 9.10. The van der Waals surface area contributed by atoms with Gasteiger partial charge in [0.25, 0.3) is 0 Å². The summed E-state index contributed by atoms with van der Waals surface area (Å²) in [5.41, 5.74) is 0.655. The van der Waals surface area contributed by atoms with Crippen molar-refractivity contribution in [2.45, 2.75) is 24.0 Å². The molecule has 0 aliphatic heterocycles. The molecule has 0 saturated heterocycles. The van der Waals surface area contributed by atoms with Crippen LogP contribution < -0.4 is 0 Å². The van der Waals surface area contributed by atoms with Crippen molar-refractivity contribution in [1.29, 1.82) is 0 Å². The Bertz CT molecular complexity index is 526. The van der Waals surface area contributed by atoms with Crippen LogP contribution in [0.5, 0.6) is 0 Å². The van der Waals surface area contributed by atoms with Crippen LogP contribution >= 0.6 is 26.6 Å². The number of hydrogen-bond acceptors (Lipinski definition) is 2. The lowest BCUT2D eigenvalue weighted by Crippen LogP contribution is -2.20. The summed E-state index contributed by atoms with van der Waals surface area (Å²) in [5.74, 6) is -0.389. The average molecular weight is 328 g/mol. The third-order valence-electron chi connectivity index (χ3n) is 2.84. The van der Waals surface area contributed by atoms with Crippen LogP contribution in [0, 0.1) is 5.82 Å². The molecule has 0 unspecified atom stereocenters. The van der Waals surface area contributed by atoms with Crippen LogP contribution in [0.2, 0.25) is 0 Å². The van der Waals surface area contributed by atoms with Gasteiger partial charge in [0.2, 0.25) is 9.05 Å². The van der Waals surface area contributed by atoms with E-state index < -0.39 is 13.8 Å². The molecule has 0 radical (unpaired) electrons. The van der Waals surface area contributed by atoms with Gasteiger partial charge in [-0.05, 0) is 52.9 Å². The Morgan fingerprint density at radius 2 is 2.06 bits per heavy atom. The van der Waals surface area contributed by atoms with Crippen LogP contribution in [-0.2, 0) is 15.5 Å². The van der Waals surface area contributed by atoms with E-state index in [1.165, 1.54) is 6.07 Å². The summed E-state index contributed by atoms with van der Waals surface area (Å²) >= 11 is 3.04. The Morgan fingerprint density at radius 1 is 1.44 bits per heavy atom. The first-order valence-corrected chi connectivity index (χ1v) is 7.82. The molecule has 1 fully saturated rings. The monoisotopic (exact) mass is 326 g/mol. The molecule has 0 atom stereocenters. The fourth-order valence-corrected chi connectivity index (χ4v) is 3.47. The Labute approximate surface area is 106 Å². The molecule has 0 amide bonds. The fraction of sp³-hybridized carbons (Fsp3) is 0.400. The lowest BCUT2D eigenvalue weighted by molar-refractivity contribution is 0.588. The maximum absolute atomic E-state index is 13.2. The van der Waals surface area contributed by atoms with Crippen molar-refractivity contribution in [2.24, 2.45) is 0 Å². The second-order valence-electron chi connectivity index (χ2n) is 4.05. The lowest BCUT2D eigenvalue weighted by atomic mass is 10.1. The molecule has 2 nitrogen and oxygen atoms in total. The van der Waals surface area contributed by atoms with E-state index in [9.17, 15) is 12.8 Å². The molecular weight excluding hydrogens is 319 g/mol. The Kier molecular flexibility index (Phi) is 3.05. The number of rotatable bonds is 3. The van der Waals surface area contributed by atoms with Crippen molar-refractivity contribution in [2.75, 3.05) is 0 Å². The summed E-state index contributed by atoms with van der Waals surface area (Å²) in [6.45, 7) is 0. The minimum Gasteiger partial charge on any atom is -0.212 e. The SMILES string of the molecule is O=S(=O)(Cl)C1(Cc2ccc(Br)c(F)c2)CC1. The summed E-state index contributed by atoms with van der Waals surface area (Å²) in [5, 5.41) is 0. The van der Waals surface area contributed by atoms with Gasteiger partial charge in [-0.3, -0.25) is 0 Å². The first-order chi connectivity index (χ1) is 7.34. The first kappa shape index (κ1) is 12.3. The molecule has 1 aliphatic carbocycles. The number of benzene rings is 1. The van der Waals surface area contributed by atoms with Gasteiger partial charge in [-0.25, -0.2) is 12.8 Å². The van der Waals surface area contributed by atoms with Crippen LogP contribution in [0.4, 0.5) is 4.39 Å². The van der Waals surface area contributed by atoms with Gasteiger partial charge in [0.1, 0.15) is 5.82 Å². The Hall–Kier alpha value is -0.130. The standard InChI is InChI=1S/C10H9BrClFO2S/c11-8-2-1-7(5-9(8)13)6-10(3-4-10)16(12,14)15/h1-2,5H,3-4,6H2. The highest BCUT2D eigenvalue weighted by atomic mass is 79.9. The van der Waals surface area contributed by atoms with Gasteiger partial charge in [0.15, 0.2) is 0 Å². The minimum absolute atomic E-state index is 0.281. The average Bonchev–Trinajstić information content (AvgIpc) is 2.91. The molecule has 2 rings (SSSR count). The molecule has 0 spiro atoms. The van der Waals surface area contributed by atoms with Gasteiger partial charge in [-0.1, -0.05) is 6.07 Å². The van der Waals surface area contributed by atoms with Crippen molar-refractivity contribution in [1.82, 2.24) is 0 Å². The molecule has 0 aromatic heterocycles. The van der Waals surface area contributed by atoms with Crippen LogP contribution in [0.1, 0.15) is 18.4 Å². The number of hydrogen-bond donors (Lipinski definition) is 0. The molecule has 1 saturated carbocycles. The van der Waals surface area contributed by atoms with Gasteiger partial charge in [-0.2, -0.15) is 0 Å². The van der Waals surface area contributed by atoms with Crippen molar-refractivity contribution in [3.05, 3.63) is 34.1 Å². The lowest BCUT2D eigenvalue weighted by Gasteiger charge is -2.11. The quantitative estimate of drug-likeness (QED) is 0.799. The van der Waals surface area contributed by atoms with E-state index in [0.717, 1.165) is 0 Å². The van der Waals surface area contributed by atoms with Crippen molar-refractivity contribution >= 4 is 35.7 Å². The fourth-order valence-electron chi connectivity index (χ4n) is 1.67. The molecule has 16 heavy (non-hydrogen) atoms. The second-order valence-corrected chi connectivity index (χ2v) is 7.86. The van der Waals surface area contributed by atoms with Gasteiger partial charge in [0.05, 0.1) is 9.22 Å². The van der Waals surface area contributed by atoms with E-state index in [-0.39, 0.29) is 12.2 Å². The van der Waals surface area contributed by atoms with Crippen molar-refractivity contribution < 1.29 is 12.8 Å². The summed E-state index contributed by atoms with van der Waals surface area (Å²) < 4.78 is 35.4.